The summed E-state index contributed by atoms with van der Waals surface area (Å²) in [5, 5.41) is 0.952. The Morgan fingerprint density at radius 1 is 1.03 bits per heavy atom. The molecule has 2 aromatic carbocycles. The summed E-state index contributed by atoms with van der Waals surface area (Å²) >= 11 is 6.07. The summed E-state index contributed by atoms with van der Waals surface area (Å²) < 4.78 is 2.60. The minimum Gasteiger partial charge on any atom is -0.341 e. The number of fused-ring (bicyclic) bond motifs is 1. The van der Waals surface area contributed by atoms with Crippen LogP contribution in [-0.2, 0) is 17.9 Å². The van der Waals surface area contributed by atoms with E-state index in [1.54, 1.807) is 47.4 Å². The molecule has 0 atom stereocenters. The van der Waals surface area contributed by atoms with Gasteiger partial charge in [0.1, 0.15) is 6.54 Å². The molecule has 3 aromatic rings. The van der Waals surface area contributed by atoms with Crippen LogP contribution >= 0.6 is 11.6 Å². The molecular weight excluding hydrogens is 414 g/mol. The summed E-state index contributed by atoms with van der Waals surface area (Å²) in [6, 6.07) is 14.2. The Balaban J connectivity index is 1.74. The molecule has 1 heterocycles. The Bertz CT molecular complexity index is 1220. The van der Waals surface area contributed by atoms with Gasteiger partial charge in [0.15, 0.2) is 0 Å². The molecule has 162 valence electrons. The van der Waals surface area contributed by atoms with E-state index >= 15 is 0 Å². The maximum Gasteiger partial charge on any atom is 0.332 e. The van der Waals surface area contributed by atoms with Crippen molar-refractivity contribution < 1.29 is 4.79 Å². The molecule has 1 aromatic heterocycles. The first-order valence-electron chi connectivity index (χ1n) is 10.7. The van der Waals surface area contributed by atoms with Crippen LogP contribution in [0.2, 0.25) is 5.02 Å². The number of likely N-dealkylation sites (N-methyl/N-ethyl adjacent to an activating group) is 1. The van der Waals surface area contributed by atoms with Gasteiger partial charge in [-0.2, -0.15) is 0 Å². The van der Waals surface area contributed by atoms with E-state index in [1.807, 2.05) is 13.1 Å². The second-order valence-electron chi connectivity index (χ2n) is 8.20. The SMILES string of the molecule is CN(C(=O)Cn1c(=O)n(Cc2cccc(Cl)c2)c(=O)c2ccccc21)C1CCCCC1. The number of aromatic nitrogens is 2. The Morgan fingerprint density at radius 3 is 2.52 bits per heavy atom. The van der Waals surface area contributed by atoms with Gasteiger partial charge in [0.2, 0.25) is 5.91 Å². The number of nitrogens with zero attached hydrogens (tertiary/aromatic N) is 3. The monoisotopic (exact) mass is 439 g/mol. The Hall–Kier alpha value is -2.86. The van der Waals surface area contributed by atoms with Crippen molar-refractivity contribution in [2.75, 3.05) is 7.05 Å². The van der Waals surface area contributed by atoms with Crippen LogP contribution in [0.25, 0.3) is 10.9 Å². The van der Waals surface area contributed by atoms with Gasteiger partial charge in [0.25, 0.3) is 5.56 Å². The summed E-state index contributed by atoms with van der Waals surface area (Å²) in [6.45, 7) is -0.00210. The van der Waals surface area contributed by atoms with Gasteiger partial charge >= 0.3 is 5.69 Å². The molecule has 1 aliphatic rings. The normalized spacial score (nSPS) is 14.6. The van der Waals surface area contributed by atoms with Gasteiger partial charge in [-0.25, -0.2) is 4.79 Å². The largest absolute Gasteiger partial charge is 0.341 e. The lowest BCUT2D eigenvalue weighted by Crippen LogP contribution is -2.45. The summed E-state index contributed by atoms with van der Waals surface area (Å²) in [4.78, 5) is 41.3. The van der Waals surface area contributed by atoms with Crippen molar-refractivity contribution in [3.8, 4) is 0 Å². The molecule has 1 amide bonds. The number of carbonyl (C=O) groups excluding carboxylic acids is 1. The molecule has 0 aliphatic heterocycles. The zero-order valence-corrected chi connectivity index (χ0v) is 18.3. The number of carbonyl (C=O) groups is 1. The van der Waals surface area contributed by atoms with Crippen LogP contribution in [-0.4, -0.2) is 33.0 Å². The van der Waals surface area contributed by atoms with Crippen LogP contribution in [0.15, 0.2) is 58.1 Å². The van der Waals surface area contributed by atoms with Crippen molar-refractivity contribution >= 4 is 28.4 Å². The molecule has 0 radical (unpaired) electrons. The van der Waals surface area contributed by atoms with E-state index in [2.05, 4.69) is 0 Å². The number of para-hydroxylation sites is 1. The predicted octanol–water partition coefficient (Wildman–Crippen LogP) is 3.66. The Labute approximate surface area is 185 Å². The van der Waals surface area contributed by atoms with E-state index in [1.165, 1.54) is 15.6 Å². The third kappa shape index (κ3) is 4.44. The number of benzene rings is 2. The van der Waals surface area contributed by atoms with Crippen molar-refractivity contribution in [2.45, 2.75) is 51.2 Å². The smallest absolute Gasteiger partial charge is 0.332 e. The Kier molecular flexibility index (Phi) is 6.28. The fourth-order valence-corrected chi connectivity index (χ4v) is 4.61. The molecule has 0 unspecified atom stereocenters. The van der Waals surface area contributed by atoms with Crippen molar-refractivity contribution in [2.24, 2.45) is 0 Å². The molecule has 1 aliphatic carbocycles. The van der Waals surface area contributed by atoms with Gasteiger partial charge in [-0.1, -0.05) is 55.1 Å². The molecular formula is C24H26ClN3O3. The molecule has 1 fully saturated rings. The number of amides is 1. The highest BCUT2D eigenvalue weighted by atomic mass is 35.5. The Morgan fingerprint density at radius 2 is 1.77 bits per heavy atom. The molecule has 31 heavy (non-hydrogen) atoms. The minimum absolute atomic E-state index is 0.0930. The second-order valence-corrected chi connectivity index (χ2v) is 8.64. The van der Waals surface area contributed by atoms with Gasteiger partial charge < -0.3 is 4.90 Å². The molecule has 0 spiro atoms. The second kappa shape index (κ2) is 9.10. The summed E-state index contributed by atoms with van der Waals surface area (Å²) in [5.74, 6) is -0.118. The summed E-state index contributed by atoms with van der Waals surface area (Å²) in [5.41, 5.74) is 0.364. The first-order valence-corrected chi connectivity index (χ1v) is 11.1. The number of rotatable bonds is 5. The maximum absolute atomic E-state index is 13.3. The molecule has 0 N–H and O–H groups in total. The van der Waals surface area contributed by atoms with Crippen molar-refractivity contribution in [1.82, 2.24) is 14.0 Å². The van der Waals surface area contributed by atoms with Crippen LogP contribution < -0.4 is 11.2 Å². The maximum atomic E-state index is 13.3. The fourth-order valence-electron chi connectivity index (χ4n) is 4.40. The van der Waals surface area contributed by atoms with Crippen molar-refractivity contribution in [3.05, 3.63) is 80.0 Å². The van der Waals surface area contributed by atoms with Gasteiger partial charge in [-0.05, 0) is 42.7 Å². The third-order valence-corrected chi connectivity index (χ3v) is 6.41. The van der Waals surface area contributed by atoms with Gasteiger partial charge in [-0.15, -0.1) is 0 Å². The fraction of sp³-hybridized carbons (Fsp3) is 0.375. The average molecular weight is 440 g/mol. The standard InChI is InChI=1S/C24H26ClN3O3/c1-26(19-10-3-2-4-11-19)22(29)16-27-21-13-6-5-12-20(21)23(30)28(24(27)31)15-17-8-7-9-18(25)14-17/h5-9,12-14,19H,2-4,10-11,15-16H2,1H3. The first kappa shape index (κ1) is 21.4. The van der Waals surface area contributed by atoms with Crippen LogP contribution in [0, 0.1) is 0 Å². The summed E-state index contributed by atoms with van der Waals surface area (Å²) in [6.07, 6.45) is 5.43. The topological polar surface area (TPSA) is 64.3 Å². The quantitative estimate of drug-likeness (QED) is 0.609. The highest BCUT2D eigenvalue weighted by Gasteiger charge is 2.23. The third-order valence-electron chi connectivity index (χ3n) is 6.17. The zero-order chi connectivity index (χ0) is 22.0. The van der Waals surface area contributed by atoms with Crippen LogP contribution in [0.4, 0.5) is 0 Å². The highest BCUT2D eigenvalue weighted by molar-refractivity contribution is 6.30. The van der Waals surface area contributed by atoms with Gasteiger partial charge in [-0.3, -0.25) is 18.7 Å². The van der Waals surface area contributed by atoms with E-state index in [0.717, 1.165) is 31.2 Å². The van der Waals surface area contributed by atoms with Crippen molar-refractivity contribution in [1.29, 1.82) is 0 Å². The number of halogens is 1. The molecule has 6 nitrogen and oxygen atoms in total. The molecule has 4 rings (SSSR count). The van der Waals surface area contributed by atoms with Gasteiger partial charge in [0.05, 0.1) is 17.4 Å². The minimum atomic E-state index is -0.492. The highest BCUT2D eigenvalue weighted by Crippen LogP contribution is 2.22. The first-order chi connectivity index (χ1) is 15.0. The number of hydrogen-bond acceptors (Lipinski definition) is 3. The van der Waals surface area contributed by atoms with E-state index in [0.29, 0.717) is 15.9 Å². The lowest BCUT2D eigenvalue weighted by atomic mass is 9.94. The lowest BCUT2D eigenvalue weighted by Gasteiger charge is -2.31. The van der Waals surface area contributed by atoms with E-state index in [4.69, 9.17) is 11.6 Å². The molecule has 0 bridgehead atoms. The van der Waals surface area contributed by atoms with Crippen molar-refractivity contribution in [3.63, 3.8) is 0 Å². The van der Waals surface area contributed by atoms with Crippen LogP contribution in [0.1, 0.15) is 37.7 Å². The van der Waals surface area contributed by atoms with Crippen LogP contribution in [0.3, 0.4) is 0 Å². The van der Waals surface area contributed by atoms with E-state index in [-0.39, 0.29) is 30.6 Å². The van der Waals surface area contributed by atoms with Gasteiger partial charge in [0, 0.05) is 18.1 Å². The zero-order valence-electron chi connectivity index (χ0n) is 17.6. The lowest BCUT2D eigenvalue weighted by molar-refractivity contribution is -0.133. The molecule has 1 saturated carbocycles. The number of hydrogen-bond donors (Lipinski definition) is 0. The van der Waals surface area contributed by atoms with Crippen LogP contribution in [0.5, 0.6) is 0 Å². The average Bonchev–Trinajstić information content (AvgIpc) is 2.79. The van der Waals surface area contributed by atoms with E-state index < -0.39 is 5.69 Å². The summed E-state index contributed by atoms with van der Waals surface area (Å²) in [7, 11) is 1.81. The molecule has 0 saturated heterocycles. The predicted molar refractivity (Wildman–Crippen MR) is 123 cm³/mol. The van der Waals surface area contributed by atoms with E-state index in [9.17, 15) is 14.4 Å². The molecule has 7 heteroatoms.